The van der Waals surface area contributed by atoms with E-state index in [2.05, 4.69) is 10.2 Å². The zero-order valence-electron chi connectivity index (χ0n) is 11.8. The summed E-state index contributed by atoms with van der Waals surface area (Å²) >= 11 is 6.18. The van der Waals surface area contributed by atoms with Gasteiger partial charge < -0.3 is 10.4 Å². The van der Waals surface area contributed by atoms with Crippen LogP contribution in [-0.2, 0) is 6.54 Å². The van der Waals surface area contributed by atoms with Crippen LogP contribution >= 0.6 is 11.6 Å². The van der Waals surface area contributed by atoms with Crippen molar-refractivity contribution in [1.29, 1.82) is 0 Å². The highest BCUT2D eigenvalue weighted by Crippen LogP contribution is 2.30. The van der Waals surface area contributed by atoms with Crippen LogP contribution in [0.2, 0.25) is 5.02 Å². The SMILES string of the molecule is Oc1cccc(Cl)c1CN1CCC(C2CCCN2)CC1. The first-order valence-corrected chi connectivity index (χ1v) is 8.04. The average molecular weight is 295 g/mol. The minimum atomic E-state index is 0.317. The summed E-state index contributed by atoms with van der Waals surface area (Å²) in [6.07, 6.45) is 5.18. The van der Waals surface area contributed by atoms with E-state index in [1.165, 1.54) is 32.2 Å². The molecule has 0 amide bonds. The van der Waals surface area contributed by atoms with E-state index in [1.54, 1.807) is 12.1 Å². The van der Waals surface area contributed by atoms with E-state index in [1.807, 2.05) is 6.07 Å². The maximum atomic E-state index is 9.93. The molecule has 3 rings (SSSR count). The van der Waals surface area contributed by atoms with E-state index in [9.17, 15) is 5.11 Å². The van der Waals surface area contributed by atoms with E-state index >= 15 is 0 Å². The summed E-state index contributed by atoms with van der Waals surface area (Å²) in [6, 6.07) is 6.10. The second kappa shape index (κ2) is 6.33. The molecule has 20 heavy (non-hydrogen) atoms. The van der Waals surface area contributed by atoms with Crippen LogP contribution in [-0.4, -0.2) is 35.7 Å². The Morgan fingerprint density at radius 3 is 2.70 bits per heavy atom. The molecule has 2 aliphatic rings. The number of hydrogen-bond donors (Lipinski definition) is 2. The maximum Gasteiger partial charge on any atom is 0.121 e. The Kier molecular flexibility index (Phi) is 4.49. The molecule has 2 heterocycles. The van der Waals surface area contributed by atoms with Gasteiger partial charge in [0.05, 0.1) is 0 Å². The van der Waals surface area contributed by atoms with E-state index in [0.29, 0.717) is 10.8 Å². The van der Waals surface area contributed by atoms with Gasteiger partial charge in [0.2, 0.25) is 0 Å². The van der Waals surface area contributed by atoms with Gasteiger partial charge in [-0.25, -0.2) is 0 Å². The van der Waals surface area contributed by atoms with Crippen LogP contribution in [0.3, 0.4) is 0 Å². The Labute approximate surface area is 125 Å². The van der Waals surface area contributed by atoms with Gasteiger partial charge in [0, 0.05) is 23.2 Å². The average Bonchev–Trinajstić information content (AvgIpc) is 2.98. The molecule has 4 heteroatoms. The lowest BCUT2D eigenvalue weighted by molar-refractivity contribution is 0.156. The molecule has 2 N–H and O–H groups in total. The quantitative estimate of drug-likeness (QED) is 0.899. The van der Waals surface area contributed by atoms with Gasteiger partial charge in [-0.3, -0.25) is 4.90 Å². The molecule has 2 fully saturated rings. The number of nitrogens with one attached hydrogen (secondary N) is 1. The number of benzene rings is 1. The highest BCUT2D eigenvalue weighted by atomic mass is 35.5. The van der Waals surface area contributed by atoms with E-state index < -0.39 is 0 Å². The lowest BCUT2D eigenvalue weighted by Crippen LogP contribution is -2.40. The summed E-state index contributed by atoms with van der Waals surface area (Å²) in [6.45, 7) is 4.16. The molecule has 1 unspecified atom stereocenters. The summed E-state index contributed by atoms with van der Waals surface area (Å²) in [5.41, 5.74) is 0.867. The van der Waals surface area contributed by atoms with Crippen molar-refractivity contribution in [3.63, 3.8) is 0 Å². The molecule has 2 saturated heterocycles. The normalized spacial score (nSPS) is 25.1. The van der Waals surface area contributed by atoms with Crippen molar-refractivity contribution in [3.8, 4) is 5.75 Å². The summed E-state index contributed by atoms with van der Waals surface area (Å²) in [5, 5.41) is 14.2. The fourth-order valence-electron chi connectivity index (χ4n) is 3.55. The van der Waals surface area contributed by atoms with Crippen LogP contribution in [0.4, 0.5) is 0 Å². The largest absolute Gasteiger partial charge is 0.508 e. The van der Waals surface area contributed by atoms with Crippen LogP contribution in [0.5, 0.6) is 5.75 Å². The molecular formula is C16H23ClN2O. The molecule has 1 aromatic carbocycles. The molecule has 0 spiro atoms. The topological polar surface area (TPSA) is 35.5 Å². The Morgan fingerprint density at radius 1 is 1.25 bits per heavy atom. The summed E-state index contributed by atoms with van der Waals surface area (Å²) in [7, 11) is 0. The number of halogens is 1. The highest BCUT2D eigenvalue weighted by molar-refractivity contribution is 6.31. The standard InChI is InChI=1S/C16H23ClN2O/c17-14-3-1-5-16(20)13(14)11-19-9-6-12(7-10-19)15-4-2-8-18-15/h1,3,5,12,15,18,20H,2,4,6-11H2. The highest BCUT2D eigenvalue weighted by Gasteiger charge is 2.28. The molecule has 0 aromatic heterocycles. The lowest BCUT2D eigenvalue weighted by atomic mass is 9.88. The van der Waals surface area contributed by atoms with Gasteiger partial charge in [-0.2, -0.15) is 0 Å². The van der Waals surface area contributed by atoms with Crippen molar-refractivity contribution in [3.05, 3.63) is 28.8 Å². The van der Waals surface area contributed by atoms with Gasteiger partial charge in [0.25, 0.3) is 0 Å². The molecule has 1 atom stereocenters. The van der Waals surface area contributed by atoms with Gasteiger partial charge in [-0.15, -0.1) is 0 Å². The second-order valence-corrected chi connectivity index (χ2v) is 6.46. The lowest BCUT2D eigenvalue weighted by Gasteiger charge is -2.35. The van der Waals surface area contributed by atoms with E-state index in [4.69, 9.17) is 11.6 Å². The molecule has 2 aliphatic heterocycles. The van der Waals surface area contributed by atoms with Gasteiger partial charge in [-0.1, -0.05) is 17.7 Å². The van der Waals surface area contributed by atoms with E-state index in [0.717, 1.165) is 37.2 Å². The van der Waals surface area contributed by atoms with Crippen molar-refractivity contribution in [2.45, 2.75) is 38.3 Å². The Hall–Kier alpha value is -0.770. The minimum Gasteiger partial charge on any atom is -0.508 e. The van der Waals surface area contributed by atoms with Gasteiger partial charge in [-0.05, 0) is 63.4 Å². The molecule has 0 bridgehead atoms. The van der Waals surface area contributed by atoms with Gasteiger partial charge in [0.1, 0.15) is 5.75 Å². The Morgan fingerprint density at radius 2 is 2.05 bits per heavy atom. The van der Waals surface area contributed by atoms with Crippen molar-refractivity contribution in [2.75, 3.05) is 19.6 Å². The maximum absolute atomic E-state index is 9.93. The summed E-state index contributed by atoms with van der Waals surface area (Å²) < 4.78 is 0. The van der Waals surface area contributed by atoms with Crippen LogP contribution in [0.1, 0.15) is 31.2 Å². The van der Waals surface area contributed by atoms with Crippen molar-refractivity contribution in [1.82, 2.24) is 10.2 Å². The van der Waals surface area contributed by atoms with Crippen LogP contribution in [0, 0.1) is 5.92 Å². The fourth-order valence-corrected chi connectivity index (χ4v) is 3.78. The summed E-state index contributed by atoms with van der Waals surface area (Å²) in [4.78, 5) is 2.41. The smallest absolute Gasteiger partial charge is 0.121 e. The predicted octanol–water partition coefficient (Wildman–Crippen LogP) is 3.01. The number of likely N-dealkylation sites (tertiary alicyclic amines) is 1. The molecule has 110 valence electrons. The third-order valence-corrected chi connectivity index (χ3v) is 5.13. The number of hydrogen-bond acceptors (Lipinski definition) is 3. The molecule has 0 aliphatic carbocycles. The monoisotopic (exact) mass is 294 g/mol. The first-order chi connectivity index (χ1) is 9.74. The molecular weight excluding hydrogens is 272 g/mol. The van der Waals surface area contributed by atoms with Gasteiger partial charge >= 0.3 is 0 Å². The first-order valence-electron chi connectivity index (χ1n) is 7.66. The summed E-state index contributed by atoms with van der Waals surface area (Å²) in [5.74, 6) is 1.14. The molecule has 1 aromatic rings. The Balaban J connectivity index is 1.56. The zero-order chi connectivity index (χ0) is 13.9. The number of nitrogens with zero attached hydrogens (tertiary/aromatic N) is 1. The van der Waals surface area contributed by atoms with Gasteiger partial charge in [0.15, 0.2) is 0 Å². The number of piperidine rings is 1. The Bertz CT molecular complexity index is 432. The number of aromatic hydroxyl groups is 1. The number of phenolic OH excluding ortho intramolecular Hbond substituents is 1. The van der Waals surface area contributed by atoms with Crippen LogP contribution < -0.4 is 5.32 Å². The first kappa shape index (κ1) is 14.2. The zero-order valence-corrected chi connectivity index (χ0v) is 12.6. The van der Waals surface area contributed by atoms with Crippen LogP contribution in [0.25, 0.3) is 0 Å². The van der Waals surface area contributed by atoms with E-state index in [-0.39, 0.29) is 0 Å². The van der Waals surface area contributed by atoms with Crippen molar-refractivity contribution in [2.24, 2.45) is 5.92 Å². The number of phenols is 1. The molecule has 0 saturated carbocycles. The predicted molar refractivity (Wildman–Crippen MR) is 82.1 cm³/mol. The van der Waals surface area contributed by atoms with Crippen LogP contribution in [0.15, 0.2) is 18.2 Å². The van der Waals surface area contributed by atoms with Crippen molar-refractivity contribution < 1.29 is 5.11 Å². The molecule has 3 nitrogen and oxygen atoms in total. The number of rotatable bonds is 3. The van der Waals surface area contributed by atoms with Crippen molar-refractivity contribution >= 4 is 11.6 Å². The fraction of sp³-hybridized carbons (Fsp3) is 0.625. The minimum absolute atomic E-state index is 0.317. The molecule has 0 radical (unpaired) electrons. The second-order valence-electron chi connectivity index (χ2n) is 6.05. The third-order valence-electron chi connectivity index (χ3n) is 4.78. The third kappa shape index (κ3) is 3.11.